The molecule has 0 aromatic heterocycles. The number of hydrogen-bond acceptors (Lipinski definition) is 3. The molecule has 2 N–H and O–H groups in total. The van der Waals surface area contributed by atoms with Gasteiger partial charge in [0, 0.05) is 30.0 Å². The van der Waals surface area contributed by atoms with Gasteiger partial charge in [-0.1, -0.05) is 17.7 Å². The van der Waals surface area contributed by atoms with Crippen molar-refractivity contribution in [2.75, 3.05) is 23.3 Å². The largest absolute Gasteiger partial charge is 0.393 e. The van der Waals surface area contributed by atoms with Crippen molar-refractivity contribution < 1.29 is 9.90 Å². The first-order valence-corrected chi connectivity index (χ1v) is 8.44. The van der Waals surface area contributed by atoms with Crippen molar-refractivity contribution in [1.29, 1.82) is 0 Å². The molecule has 2 aromatic rings. The average Bonchev–Trinajstić information content (AvgIpc) is 2.58. The normalized spacial score (nSPS) is 15.4. The first-order valence-electron chi connectivity index (χ1n) is 8.44. The third kappa shape index (κ3) is 3.77. The first-order chi connectivity index (χ1) is 11.5. The Balaban J connectivity index is 1.67. The van der Waals surface area contributed by atoms with E-state index in [1.807, 2.05) is 50.2 Å². The predicted molar refractivity (Wildman–Crippen MR) is 97.8 cm³/mol. The van der Waals surface area contributed by atoms with Gasteiger partial charge in [-0.25, -0.2) is 0 Å². The van der Waals surface area contributed by atoms with Crippen molar-refractivity contribution in [2.45, 2.75) is 32.8 Å². The molecule has 0 bridgehead atoms. The van der Waals surface area contributed by atoms with Gasteiger partial charge in [-0.3, -0.25) is 4.79 Å². The van der Waals surface area contributed by atoms with Gasteiger partial charge in [0.2, 0.25) is 0 Å². The lowest BCUT2D eigenvalue weighted by molar-refractivity contribution is 0.102. The molecule has 1 saturated heterocycles. The van der Waals surface area contributed by atoms with Gasteiger partial charge in [-0.05, 0) is 62.6 Å². The summed E-state index contributed by atoms with van der Waals surface area (Å²) >= 11 is 0. The molecule has 1 fully saturated rings. The van der Waals surface area contributed by atoms with E-state index in [9.17, 15) is 9.90 Å². The number of aryl methyl sites for hydroxylation is 2. The molecular weight excluding hydrogens is 300 g/mol. The molecule has 0 radical (unpaired) electrons. The van der Waals surface area contributed by atoms with Crippen LogP contribution in [0.4, 0.5) is 11.4 Å². The number of nitrogens with zero attached hydrogens (tertiary/aromatic N) is 1. The van der Waals surface area contributed by atoms with Crippen LogP contribution in [0.1, 0.15) is 34.3 Å². The summed E-state index contributed by atoms with van der Waals surface area (Å²) in [6.07, 6.45) is 1.42. The molecule has 4 nitrogen and oxygen atoms in total. The lowest BCUT2D eigenvalue weighted by Gasteiger charge is -2.31. The summed E-state index contributed by atoms with van der Waals surface area (Å²) < 4.78 is 0. The molecule has 0 spiro atoms. The van der Waals surface area contributed by atoms with Crippen molar-refractivity contribution >= 4 is 17.3 Å². The Hall–Kier alpha value is -2.33. The molecule has 1 heterocycles. The minimum absolute atomic E-state index is 0.0948. The highest BCUT2D eigenvalue weighted by molar-refractivity contribution is 6.04. The molecule has 0 atom stereocenters. The molecule has 1 aliphatic heterocycles. The van der Waals surface area contributed by atoms with Crippen molar-refractivity contribution in [3.05, 3.63) is 59.2 Å². The van der Waals surface area contributed by atoms with Crippen molar-refractivity contribution in [3.8, 4) is 0 Å². The Morgan fingerprint density at radius 2 is 1.75 bits per heavy atom. The second kappa shape index (κ2) is 7.05. The molecule has 0 saturated carbocycles. The zero-order valence-electron chi connectivity index (χ0n) is 14.2. The summed E-state index contributed by atoms with van der Waals surface area (Å²) in [6, 6.07) is 13.7. The van der Waals surface area contributed by atoms with E-state index >= 15 is 0 Å². The molecule has 0 aliphatic carbocycles. The Labute approximate surface area is 143 Å². The van der Waals surface area contributed by atoms with Crippen LogP contribution in [-0.2, 0) is 0 Å². The third-order valence-electron chi connectivity index (χ3n) is 4.59. The van der Waals surface area contributed by atoms with Crippen molar-refractivity contribution in [1.82, 2.24) is 0 Å². The van der Waals surface area contributed by atoms with E-state index in [-0.39, 0.29) is 12.0 Å². The maximum Gasteiger partial charge on any atom is 0.255 e. The van der Waals surface area contributed by atoms with Gasteiger partial charge in [-0.2, -0.15) is 0 Å². The second-order valence-corrected chi connectivity index (χ2v) is 6.54. The van der Waals surface area contributed by atoms with Gasteiger partial charge in [0.25, 0.3) is 5.91 Å². The molecule has 1 amide bonds. The van der Waals surface area contributed by atoms with E-state index in [4.69, 9.17) is 0 Å². The summed E-state index contributed by atoms with van der Waals surface area (Å²) in [7, 11) is 0. The Morgan fingerprint density at radius 1 is 1.08 bits per heavy atom. The van der Waals surface area contributed by atoms with E-state index in [1.165, 1.54) is 5.56 Å². The van der Waals surface area contributed by atoms with Gasteiger partial charge in [-0.15, -0.1) is 0 Å². The number of anilines is 2. The lowest BCUT2D eigenvalue weighted by atomic mass is 10.1. The molecule has 1 aliphatic rings. The number of nitrogens with one attached hydrogen (secondary N) is 1. The first kappa shape index (κ1) is 16.5. The topological polar surface area (TPSA) is 52.6 Å². The fourth-order valence-electron chi connectivity index (χ4n) is 3.10. The van der Waals surface area contributed by atoms with Crippen LogP contribution < -0.4 is 10.2 Å². The summed E-state index contributed by atoms with van der Waals surface area (Å²) in [5, 5.41) is 12.6. The quantitative estimate of drug-likeness (QED) is 0.908. The Morgan fingerprint density at radius 3 is 2.38 bits per heavy atom. The van der Waals surface area contributed by atoms with Crippen molar-refractivity contribution in [2.24, 2.45) is 0 Å². The Kier molecular flexibility index (Phi) is 4.86. The second-order valence-electron chi connectivity index (χ2n) is 6.54. The highest BCUT2D eigenvalue weighted by Gasteiger charge is 2.17. The molecular formula is C20H24N2O2. The van der Waals surface area contributed by atoms with Crippen LogP contribution in [0, 0.1) is 13.8 Å². The summed E-state index contributed by atoms with van der Waals surface area (Å²) in [4.78, 5) is 14.7. The average molecular weight is 324 g/mol. The van der Waals surface area contributed by atoms with Crippen LogP contribution in [0.15, 0.2) is 42.5 Å². The minimum atomic E-state index is -0.177. The molecule has 0 unspecified atom stereocenters. The van der Waals surface area contributed by atoms with E-state index in [0.29, 0.717) is 5.56 Å². The number of rotatable bonds is 3. The number of benzene rings is 2. The molecule has 4 heteroatoms. The standard InChI is InChI=1S/C20H24N2O2/c1-14-3-8-19(15(2)13-14)21-20(24)16-4-6-17(7-5-16)22-11-9-18(23)10-12-22/h3-8,13,18,23H,9-12H2,1-2H3,(H,21,24). The highest BCUT2D eigenvalue weighted by atomic mass is 16.3. The van der Waals surface area contributed by atoms with Gasteiger partial charge < -0.3 is 15.3 Å². The molecule has 24 heavy (non-hydrogen) atoms. The molecule has 2 aromatic carbocycles. The number of amides is 1. The fourth-order valence-corrected chi connectivity index (χ4v) is 3.10. The lowest BCUT2D eigenvalue weighted by Crippen LogP contribution is -2.35. The fraction of sp³-hybridized carbons (Fsp3) is 0.350. The highest BCUT2D eigenvalue weighted by Crippen LogP contribution is 2.22. The van der Waals surface area contributed by atoms with Crippen LogP contribution in [-0.4, -0.2) is 30.2 Å². The van der Waals surface area contributed by atoms with Crippen LogP contribution in [0.3, 0.4) is 0 Å². The van der Waals surface area contributed by atoms with Crippen LogP contribution in [0.25, 0.3) is 0 Å². The van der Waals surface area contributed by atoms with Crippen LogP contribution >= 0.6 is 0 Å². The number of carbonyl (C=O) groups is 1. The van der Waals surface area contributed by atoms with E-state index in [0.717, 1.165) is 42.9 Å². The monoisotopic (exact) mass is 324 g/mol. The number of piperidine rings is 1. The van der Waals surface area contributed by atoms with Crippen LogP contribution in [0.5, 0.6) is 0 Å². The van der Waals surface area contributed by atoms with E-state index in [1.54, 1.807) is 0 Å². The minimum Gasteiger partial charge on any atom is -0.393 e. The zero-order valence-corrected chi connectivity index (χ0v) is 14.2. The van der Waals surface area contributed by atoms with Crippen LogP contribution in [0.2, 0.25) is 0 Å². The predicted octanol–water partition coefficient (Wildman–Crippen LogP) is 3.52. The maximum absolute atomic E-state index is 12.4. The number of hydrogen-bond donors (Lipinski definition) is 2. The van der Waals surface area contributed by atoms with Gasteiger partial charge in [0.05, 0.1) is 6.10 Å². The number of carbonyl (C=O) groups excluding carboxylic acids is 1. The maximum atomic E-state index is 12.4. The SMILES string of the molecule is Cc1ccc(NC(=O)c2ccc(N3CCC(O)CC3)cc2)c(C)c1. The smallest absolute Gasteiger partial charge is 0.255 e. The van der Waals surface area contributed by atoms with E-state index in [2.05, 4.69) is 16.3 Å². The van der Waals surface area contributed by atoms with Gasteiger partial charge >= 0.3 is 0 Å². The summed E-state index contributed by atoms with van der Waals surface area (Å²) in [6.45, 7) is 5.75. The molecule has 3 rings (SSSR count). The van der Waals surface area contributed by atoms with E-state index < -0.39 is 0 Å². The van der Waals surface area contributed by atoms with Crippen molar-refractivity contribution in [3.63, 3.8) is 0 Å². The zero-order chi connectivity index (χ0) is 17.1. The summed E-state index contributed by atoms with van der Waals surface area (Å²) in [5.74, 6) is -0.0948. The number of aliphatic hydroxyl groups is 1. The van der Waals surface area contributed by atoms with Gasteiger partial charge in [0.15, 0.2) is 0 Å². The Bertz CT molecular complexity index is 717. The summed E-state index contributed by atoms with van der Waals surface area (Å²) in [5.41, 5.74) is 4.84. The number of aliphatic hydroxyl groups excluding tert-OH is 1. The van der Waals surface area contributed by atoms with Gasteiger partial charge in [0.1, 0.15) is 0 Å². The third-order valence-corrected chi connectivity index (χ3v) is 4.59. The molecule has 126 valence electrons.